The van der Waals surface area contributed by atoms with Crippen molar-refractivity contribution in [1.29, 1.82) is 0 Å². The van der Waals surface area contributed by atoms with Crippen molar-refractivity contribution in [1.82, 2.24) is 10.6 Å². The first kappa shape index (κ1) is 20.4. The minimum atomic E-state index is -0.864. The van der Waals surface area contributed by atoms with Gasteiger partial charge < -0.3 is 15.4 Å². The number of hydrogen-bond donors (Lipinski definition) is 2. The van der Waals surface area contributed by atoms with E-state index in [0.717, 1.165) is 6.07 Å². The summed E-state index contributed by atoms with van der Waals surface area (Å²) in [5.41, 5.74) is -0.245. The highest BCUT2D eigenvalue weighted by Gasteiger charge is 2.19. The molecule has 0 aromatic heterocycles. The Morgan fingerprint density at radius 2 is 2.04 bits per heavy atom. The Bertz CT molecular complexity index is 679. The normalized spacial score (nSPS) is 11.3. The highest BCUT2D eigenvalue weighted by Crippen LogP contribution is 2.28. The Balaban J connectivity index is 2.65. The number of nitro benzene ring substituents is 1. The second kappa shape index (κ2) is 9.62. The van der Waals surface area contributed by atoms with E-state index in [-0.39, 0.29) is 17.2 Å². The first-order valence-electron chi connectivity index (χ1n) is 7.36. The number of nitrogens with one attached hydrogen (secondary N) is 2. The molecule has 9 nitrogen and oxygen atoms in total. The molecule has 0 aliphatic rings. The molecule has 0 spiro atoms. The number of benzene rings is 1. The number of nitro groups is 1. The van der Waals surface area contributed by atoms with Gasteiger partial charge in [0.2, 0.25) is 5.91 Å². The number of likely N-dealkylation sites (N-methyl/N-ethyl adjacent to an activating group) is 1. The van der Waals surface area contributed by atoms with Crippen LogP contribution in [0.1, 0.15) is 24.2 Å². The third-order valence-electron chi connectivity index (χ3n) is 3.07. The highest BCUT2D eigenvalue weighted by atomic mass is 32.2. The van der Waals surface area contributed by atoms with Crippen molar-refractivity contribution in [2.45, 2.75) is 24.8 Å². The number of nitrogens with zero attached hydrogens (tertiary/aromatic N) is 1. The summed E-state index contributed by atoms with van der Waals surface area (Å²) in [6.07, 6.45) is 1.68. The van der Waals surface area contributed by atoms with Crippen LogP contribution in [-0.2, 0) is 14.3 Å². The molecule has 0 heterocycles. The summed E-state index contributed by atoms with van der Waals surface area (Å²) in [6, 6.07) is 3.16. The molecule has 1 aromatic rings. The molecule has 1 aromatic carbocycles. The number of thioether (sulfide) groups is 1. The Kier molecular flexibility index (Phi) is 7.86. The number of hydrogen-bond acceptors (Lipinski definition) is 7. The minimum Gasteiger partial charge on any atom is -0.452 e. The van der Waals surface area contributed by atoms with Gasteiger partial charge in [0.1, 0.15) is 6.04 Å². The van der Waals surface area contributed by atoms with Crippen molar-refractivity contribution >= 4 is 35.2 Å². The van der Waals surface area contributed by atoms with Crippen LogP contribution in [0.5, 0.6) is 0 Å². The molecule has 136 valence electrons. The maximum absolute atomic E-state index is 11.9. The van der Waals surface area contributed by atoms with Crippen molar-refractivity contribution in [2.75, 3.05) is 19.4 Å². The van der Waals surface area contributed by atoms with Gasteiger partial charge in [0.15, 0.2) is 6.61 Å². The zero-order chi connectivity index (χ0) is 19.0. The van der Waals surface area contributed by atoms with E-state index in [2.05, 4.69) is 10.6 Å². The van der Waals surface area contributed by atoms with Gasteiger partial charge in [0.05, 0.1) is 15.4 Å². The van der Waals surface area contributed by atoms with Gasteiger partial charge in [0.25, 0.3) is 11.6 Å². The van der Waals surface area contributed by atoms with Crippen LogP contribution in [-0.4, -0.2) is 48.2 Å². The van der Waals surface area contributed by atoms with Gasteiger partial charge >= 0.3 is 5.97 Å². The largest absolute Gasteiger partial charge is 0.452 e. The quantitative estimate of drug-likeness (QED) is 0.304. The molecule has 2 amide bonds. The highest BCUT2D eigenvalue weighted by molar-refractivity contribution is 7.98. The average Bonchev–Trinajstić information content (AvgIpc) is 2.59. The van der Waals surface area contributed by atoms with Crippen LogP contribution >= 0.6 is 11.8 Å². The molecular formula is C15H19N3O6S. The monoisotopic (exact) mass is 369 g/mol. The van der Waals surface area contributed by atoms with Crippen LogP contribution in [0, 0.1) is 10.1 Å². The van der Waals surface area contributed by atoms with Gasteiger partial charge in [0, 0.05) is 12.6 Å². The smallest absolute Gasteiger partial charge is 0.338 e. The van der Waals surface area contributed by atoms with Crippen molar-refractivity contribution in [3.63, 3.8) is 0 Å². The summed E-state index contributed by atoms with van der Waals surface area (Å²) < 4.78 is 4.83. The molecule has 0 fully saturated rings. The minimum absolute atomic E-state index is 0.0333. The average molecular weight is 369 g/mol. The maximum Gasteiger partial charge on any atom is 0.338 e. The van der Waals surface area contributed by atoms with E-state index in [4.69, 9.17) is 4.74 Å². The SMILES string of the molecule is CCNC(=O)[C@H](C)NC(=O)COC(=O)c1ccc(SC)c([N+](=O)[O-])c1. The molecular weight excluding hydrogens is 350 g/mol. The Hall–Kier alpha value is -2.62. The van der Waals surface area contributed by atoms with Crippen LogP contribution < -0.4 is 10.6 Å². The fourth-order valence-corrected chi connectivity index (χ4v) is 2.40. The zero-order valence-corrected chi connectivity index (χ0v) is 14.8. The van der Waals surface area contributed by atoms with Crippen LogP contribution in [0.2, 0.25) is 0 Å². The fraction of sp³-hybridized carbons (Fsp3) is 0.400. The lowest BCUT2D eigenvalue weighted by molar-refractivity contribution is -0.387. The third kappa shape index (κ3) is 6.07. The van der Waals surface area contributed by atoms with Gasteiger partial charge in [-0.3, -0.25) is 19.7 Å². The molecule has 1 atom stereocenters. The number of amides is 2. The number of ether oxygens (including phenoxy) is 1. The molecule has 0 saturated heterocycles. The van der Waals surface area contributed by atoms with Crippen LogP contribution in [0.4, 0.5) is 5.69 Å². The predicted octanol–water partition coefficient (Wildman–Crippen LogP) is 1.11. The van der Waals surface area contributed by atoms with E-state index in [1.165, 1.54) is 30.8 Å². The summed E-state index contributed by atoms with van der Waals surface area (Å²) in [5.74, 6) is -1.87. The number of rotatable bonds is 8. The van der Waals surface area contributed by atoms with Crippen molar-refractivity contribution in [3.05, 3.63) is 33.9 Å². The van der Waals surface area contributed by atoms with E-state index in [1.54, 1.807) is 13.2 Å². The van der Waals surface area contributed by atoms with Gasteiger partial charge in [-0.15, -0.1) is 11.8 Å². The van der Waals surface area contributed by atoms with Crippen molar-refractivity contribution < 1.29 is 24.0 Å². The molecule has 0 unspecified atom stereocenters. The van der Waals surface area contributed by atoms with Crippen LogP contribution in [0.15, 0.2) is 23.1 Å². The summed E-state index contributed by atoms with van der Waals surface area (Å²) in [7, 11) is 0. The maximum atomic E-state index is 11.9. The van der Waals surface area contributed by atoms with E-state index in [1.807, 2.05) is 0 Å². The van der Waals surface area contributed by atoms with Gasteiger partial charge in [-0.2, -0.15) is 0 Å². The van der Waals surface area contributed by atoms with Crippen molar-refractivity contribution in [2.24, 2.45) is 0 Å². The lowest BCUT2D eigenvalue weighted by atomic mass is 10.2. The van der Waals surface area contributed by atoms with E-state index in [9.17, 15) is 24.5 Å². The lowest BCUT2D eigenvalue weighted by Gasteiger charge is -2.13. The van der Waals surface area contributed by atoms with Gasteiger partial charge in [-0.1, -0.05) is 0 Å². The molecule has 10 heteroatoms. The molecule has 1 rings (SSSR count). The molecule has 0 aliphatic carbocycles. The van der Waals surface area contributed by atoms with Gasteiger partial charge in [-0.05, 0) is 32.2 Å². The van der Waals surface area contributed by atoms with E-state index in [0.29, 0.717) is 11.4 Å². The molecule has 0 saturated carbocycles. The molecule has 25 heavy (non-hydrogen) atoms. The third-order valence-corrected chi connectivity index (χ3v) is 3.85. The number of esters is 1. The van der Waals surface area contributed by atoms with Crippen LogP contribution in [0.25, 0.3) is 0 Å². The van der Waals surface area contributed by atoms with E-state index < -0.39 is 29.4 Å². The fourth-order valence-electron chi connectivity index (χ4n) is 1.85. The second-order valence-corrected chi connectivity index (χ2v) is 5.75. The summed E-state index contributed by atoms with van der Waals surface area (Å²) in [6.45, 7) is 3.07. The lowest BCUT2D eigenvalue weighted by Crippen LogP contribution is -2.46. The standard InChI is InChI=1S/C15H19N3O6S/c1-4-16-14(20)9(2)17-13(19)8-24-15(21)10-5-6-12(25-3)11(7-10)18(22)23/h5-7,9H,4,8H2,1-3H3,(H,16,20)(H,17,19)/t9-/m0/s1. The Labute approximate surface area is 148 Å². The second-order valence-electron chi connectivity index (χ2n) is 4.90. The summed E-state index contributed by atoms with van der Waals surface area (Å²) >= 11 is 1.18. The Morgan fingerprint density at radius 3 is 2.60 bits per heavy atom. The predicted molar refractivity (Wildman–Crippen MR) is 91.4 cm³/mol. The van der Waals surface area contributed by atoms with Gasteiger partial charge in [-0.25, -0.2) is 4.79 Å². The zero-order valence-electron chi connectivity index (χ0n) is 14.0. The molecule has 0 radical (unpaired) electrons. The topological polar surface area (TPSA) is 128 Å². The molecule has 2 N–H and O–H groups in total. The summed E-state index contributed by atoms with van der Waals surface area (Å²) in [5, 5.41) is 15.9. The number of carbonyl (C=O) groups is 3. The summed E-state index contributed by atoms with van der Waals surface area (Å²) in [4.78, 5) is 45.9. The Morgan fingerprint density at radius 1 is 1.36 bits per heavy atom. The van der Waals surface area contributed by atoms with E-state index >= 15 is 0 Å². The first-order chi connectivity index (χ1) is 11.8. The first-order valence-corrected chi connectivity index (χ1v) is 8.59. The molecule has 0 bridgehead atoms. The van der Waals surface area contributed by atoms with Crippen molar-refractivity contribution in [3.8, 4) is 0 Å². The number of carbonyl (C=O) groups excluding carboxylic acids is 3. The molecule has 0 aliphatic heterocycles. The van der Waals surface area contributed by atoms with Crippen LogP contribution in [0.3, 0.4) is 0 Å².